The zero-order chi connectivity index (χ0) is 11.8. The fraction of sp³-hybridized carbons (Fsp3) is 0.455. The number of carbonyl (C=O) groups is 1. The second kappa shape index (κ2) is 6.79. The number of hydrogen-bond donors (Lipinski definition) is 2. The fourth-order valence-electron chi connectivity index (χ4n) is 1.21. The van der Waals surface area contributed by atoms with Gasteiger partial charge in [0.1, 0.15) is 5.82 Å². The minimum absolute atomic E-state index is 0.134. The van der Waals surface area contributed by atoms with Gasteiger partial charge in [-0.05, 0) is 25.5 Å². The van der Waals surface area contributed by atoms with Crippen LogP contribution in [0, 0.1) is 0 Å². The van der Waals surface area contributed by atoms with Gasteiger partial charge in [0.2, 0.25) is 0 Å². The van der Waals surface area contributed by atoms with Gasteiger partial charge in [0, 0.05) is 31.5 Å². The highest BCUT2D eigenvalue weighted by Crippen LogP contribution is 2.02. The number of hydrogen-bond acceptors (Lipinski definition) is 4. The molecule has 0 fully saturated rings. The first-order chi connectivity index (χ1) is 7.74. The number of aromatic nitrogens is 1. The standard InChI is InChI=1S/C11H17N3O2/c1-2-16-7-3-5-14-11(15)9-4-6-13-10(12)8-9/h4,6,8H,2-3,5,7H2,1H3,(H2,12,13)(H,14,15). The molecule has 0 bridgehead atoms. The van der Waals surface area contributed by atoms with E-state index in [1.165, 1.54) is 6.20 Å². The lowest BCUT2D eigenvalue weighted by Gasteiger charge is -2.05. The molecule has 0 spiro atoms. The third-order valence-electron chi connectivity index (χ3n) is 2.00. The first-order valence-corrected chi connectivity index (χ1v) is 5.31. The van der Waals surface area contributed by atoms with E-state index in [1.807, 2.05) is 6.92 Å². The molecule has 5 heteroatoms. The lowest BCUT2D eigenvalue weighted by atomic mass is 10.2. The molecule has 16 heavy (non-hydrogen) atoms. The monoisotopic (exact) mass is 223 g/mol. The predicted molar refractivity (Wildman–Crippen MR) is 62.1 cm³/mol. The van der Waals surface area contributed by atoms with Crippen LogP contribution >= 0.6 is 0 Å². The van der Waals surface area contributed by atoms with Gasteiger partial charge in [-0.25, -0.2) is 4.98 Å². The van der Waals surface area contributed by atoms with E-state index in [1.54, 1.807) is 12.1 Å². The topological polar surface area (TPSA) is 77.2 Å². The Kier molecular flexibility index (Phi) is 5.28. The Hall–Kier alpha value is -1.62. The van der Waals surface area contributed by atoms with Gasteiger partial charge in [0.25, 0.3) is 5.91 Å². The number of pyridine rings is 1. The summed E-state index contributed by atoms with van der Waals surface area (Å²) in [4.78, 5) is 15.4. The highest BCUT2D eigenvalue weighted by molar-refractivity contribution is 5.94. The van der Waals surface area contributed by atoms with Gasteiger partial charge in [0.15, 0.2) is 0 Å². The van der Waals surface area contributed by atoms with E-state index < -0.39 is 0 Å². The van der Waals surface area contributed by atoms with E-state index in [9.17, 15) is 4.79 Å². The summed E-state index contributed by atoms with van der Waals surface area (Å²) in [6.07, 6.45) is 2.32. The van der Waals surface area contributed by atoms with Crippen molar-refractivity contribution in [3.8, 4) is 0 Å². The summed E-state index contributed by atoms with van der Waals surface area (Å²) in [7, 11) is 0. The molecule has 1 aromatic heterocycles. The van der Waals surface area contributed by atoms with E-state index in [0.29, 0.717) is 31.1 Å². The van der Waals surface area contributed by atoms with Crippen molar-refractivity contribution in [1.29, 1.82) is 0 Å². The molecule has 0 radical (unpaired) electrons. The summed E-state index contributed by atoms with van der Waals surface area (Å²) in [5, 5.41) is 2.78. The van der Waals surface area contributed by atoms with E-state index in [-0.39, 0.29) is 5.91 Å². The van der Waals surface area contributed by atoms with E-state index in [0.717, 1.165) is 6.42 Å². The van der Waals surface area contributed by atoms with Crippen LogP contribution in [-0.4, -0.2) is 30.6 Å². The zero-order valence-electron chi connectivity index (χ0n) is 9.40. The quantitative estimate of drug-likeness (QED) is 0.700. The number of nitrogens with zero attached hydrogens (tertiary/aromatic N) is 1. The third-order valence-corrected chi connectivity index (χ3v) is 2.00. The van der Waals surface area contributed by atoms with Crippen LogP contribution in [0.1, 0.15) is 23.7 Å². The number of nitrogen functional groups attached to an aromatic ring is 1. The van der Waals surface area contributed by atoms with Crippen LogP contribution in [0.2, 0.25) is 0 Å². The number of anilines is 1. The fourth-order valence-corrected chi connectivity index (χ4v) is 1.21. The van der Waals surface area contributed by atoms with Gasteiger partial charge < -0.3 is 15.8 Å². The Balaban J connectivity index is 2.30. The Morgan fingerprint density at radius 1 is 1.62 bits per heavy atom. The molecule has 0 aliphatic heterocycles. The second-order valence-corrected chi connectivity index (χ2v) is 3.28. The van der Waals surface area contributed by atoms with Gasteiger partial charge >= 0.3 is 0 Å². The molecule has 0 atom stereocenters. The summed E-state index contributed by atoms with van der Waals surface area (Å²) in [5.74, 6) is 0.215. The average Bonchev–Trinajstić information content (AvgIpc) is 2.28. The highest BCUT2D eigenvalue weighted by Gasteiger charge is 2.04. The zero-order valence-corrected chi connectivity index (χ0v) is 9.40. The number of rotatable bonds is 6. The number of amides is 1. The van der Waals surface area contributed by atoms with Crippen molar-refractivity contribution < 1.29 is 9.53 Å². The molecule has 3 N–H and O–H groups in total. The Morgan fingerprint density at radius 2 is 2.44 bits per heavy atom. The van der Waals surface area contributed by atoms with Crippen molar-refractivity contribution >= 4 is 11.7 Å². The molecule has 0 saturated heterocycles. The molecule has 0 aromatic carbocycles. The minimum Gasteiger partial charge on any atom is -0.384 e. The van der Waals surface area contributed by atoms with E-state index in [2.05, 4.69) is 10.3 Å². The Morgan fingerprint density at radius 3 is 3.12 bits per heavy atom. The smallest absolute Gasteiger partial charge is 0.251 e. The van der Waals surface area contributed by atoms with E-state index in [4.69, 9.17) is 10.5 Å². The summed E-state index contributed by atoms with van der Waals surface area (Å²) < 4.78 is 5.16. The molecule has 0 aliphatic rings. The lowest BCUT2D eigenvalue weighted by Crippen LogP contribution is -2.25. The number of nitrogens with two attached hydrogens (primary N) is 1. The number of carbonyl (C=O) groups excluding carboxylic acids is 1. The lowest BCUT2D eigenvalue weighted by molar-refractivity contribution is 0.0944. The van der Waals surface area contributed by atoms with Crippen LogP contribution < -0.4 is 11.1 Å². The molecular formula is C11H17N3O2. The summed E-state index contributed by atoms with van der Waals surface area (Å²) in [5.41, 5.74) is 6.01. The van der Waals surface area contributed by atoms with Crippen molar-refractivity contribution in [2.75, 3.05) is 25.5 Å². The SMILES string of the molecule is CCOCCCNC(=O)c1ccnc(N)c1. The number of ether oxygens (including phenoxy) is 1. The van der Waals surface area contributed by atoms with Gasteiger partial charge in [0.05, 0.1) is 0 Å². The Bertz CT molecular complexity index is 342. The maximum absolute atomic E-state index is 11.6. The molecule has 0 aliphatic carbocycles. The molecule has 1 aromatic rings. The Labute approximate surface area is 95.0 Å². The first-order valence-electron chi connectivity index (χ1n) is 5.31. The predicted octanol–water partition coefficient (Wildman–Crippen LogP) is 0.820. The first kappa shape index (κ1) is 12.4. The average molecular weight is 223 g/mol. The van der Waals surface area contributed by atoms with Crippen molar-refractivity contribution in [1.82, 2.24) is 10.3 Å². The maximum atomic E-state index is 11.6. The molecule has 1 amide bonds. The molecule has 1 heterocycles. The van der Waals surface area contributed by atoms with Gasteiger partial charge in [-0.3, -0.25) is 4.79 Å². The normalized spacial score (nSPS) is 10.1. The summed E-state index contributed by atoms with van der Waals surface area (Å²) in [6, 6.07) is 3.19. The van der Waals surface area contributed by atoms with Crippen LogP contribution in [0.4, 0.5) is 5.82 Å². The van der Waals surface area contributed by atoms with Crippen LogP contribution in [0.3, 0.4) is 0 Å². The van der Waals surface area contributed by atoms with E-state index >= 15 is 0 Å². The molecule has 88 valence electrons. The van der Waals surface area contributed by atoms with Crippen molar-refractivity contribution in [2.24, 2.45) is 0 Å². The minimum atomic E-state index is -0.134. The van der Waals surface area contributed by atoms with Gasteiger partial charge in [-0.15, -0.1) is 0 Å². The largest absolute Gasteiger partial charge is 0.384 e. The van der Waals surface area contributed by atoms with Crippen LogP contribution in [0.15, 0.2) is 18.3 Å². The van der Waals surface area contributed by atoms with Crippen molar-refractivity contribution in [3.63, 3.8) is 0 Å². The van der Waals surface area contributed by atoms with Gasteiger partial charge in [-0.1, -0.05) is 0 Å². The van der Waals surface area contributed by atoms with Gasteiger partial charge in [-0.2, -0.15) is 0 Å². The second-order valence-electron chi connectivity index (χ2n) is 3.28. The van der Waals surface area contributed by atoms with Crippen LogP contribution in [0.25, 0.3) is 0 Å². The van der Waals surface area contributed by atoms with Crippen molar-refractivity contribution in [3.05, 3.63) is 23.9 Å². The van der Waals surface area contributed by atoms with Crippen LogP contribution in [-0.2, 0) is 4.74 Å². The molecule has 0 unspecified atom stereocenters. The number of nitrogens with one attached hydrogen (secondary N) is 1. The van der Waals surface area contributed by atoms with Crippen molar-refractivity contribution in [2.45, 2.75) is 13.3 Å². The summed E-state index contributed by atoms with van der Waals surface area (Å²) >= 11 is 0. The van der Waals surface area contributed by atoms with Crippen LogP contribution in [0.5, 0.6) is 0 Å². The highest BCUT2D eigenvalue weighted by atomic mass is 16.5. The molecular weight excluding hydrogens is 206 g/mol. The molecule has 5 nitrogen and oxygen atoms in total. The maximum Gasteiger partial charge on any atom is 0.251 e. The third kappa shape index (κ3) is 4.27. The molecule has 1 rings (SSSR count). The molecule has 0 saturated carbocycles. The summed E-state index contributed by atoms with van der Waals surface area (Å²) in [6.45, 7) is 3.91.